The molecule has 1 aromatic heterocycles. The Morgan fingerprint density at radius 1 is 0.750 bits per heavy atom. The lowest BCUT2D eigenvalue weighted by Crippen LogP contribution is -2.56. The molecule has 1 saturated heterocycles. The van der Waals surface area contributed by atoms with Gasteiger partial charge in [-0.05, 0) is 60.8 Å². The molecule has 0 atom stereocenters. The number of halogens is 2. The Labute approximate surface area is 240 Å². The number of fused-ring (bicyclic) bond motifs is 1. The minimum absolute atomic E-state index is 0.0480. The Balaban J connectivity index is 1.50. The molecule has 4 aromatic carbocycles. The van der Waals surface area contributed by atoms with Crippen LogP contribution in [0.1, 0.15) is 11.1 Å². The van der Waals surface area contributed by atoms with Crippen molar-refractivity contribution in [1.82, 2.24) is 4.57 Å². The van der Waals surface area contributed by atoms with Crippen molar-refractivity contribution in [2.45, 2.75) is 6.54 Å². The van der Waals surface area contributed by atoms with Gasteiger partial charge in [-0.25, -0.2) is 4.39 Å². The number of benzene rings is 4. The fourth-order valence-corrected chi connectivity index (χ4v) is 5.47. The SMILES string of the molecule is O=C1C(=Cc2cn(Cc3c(F)cccc3Cl)c3ccccc23)C(=O)N(c2ccccc2)C(=S)N1c1ccccc1. The lowest BCUT2D eigenvalue weighted by atomic mass is 10.0. The normalized spacial score (nSPS) is 13.8. The standard InChI is InChI=1S/C32H21ClFN3O2S/c33-27-15-9-16-28(34)26(27)20-35-19-21(24-14-7-8-17-29(24)35)18-25-30(38)36(22-10-3-1-4-11-22)32(40)37(31(25)39)23-12-5-2-6-13-23/h1-19H,20H2. The first-order chi connectivity index (χ1) is 19.4. The first-order valence-electron chi connectivity index (χ1n) is 12.5. The van der Waals surface area contributed by atoms with Gasteiger partial charge in [-0.15, -0.1) is 0 Å². The number of amides is 2. The summed E-state index contributed by atoms with van der Waals surface area (Å²) in [6.45, 7) is 0.174. The lowest BCUT2D eigenvalue weighted by Gasteiger charge is -2.36. The highest BCUT2D eigenvalue weighted by Crippen LogP contribution is 2.32. The molecule has 5 aromatic rings. The predicted octanol–water partition coefficient (Wildman–Crippen LogP) is 7.23. The Morgan fingerprint density at radius 3 is 1.93 bits per heavy atom. The minimum Gasteiger partial charge on any atom is -0.342 e. The molecule has 5 nitrogen and oxygen atoms in total. The molecule has 2 heterocycles. The summed E-state index contributed by atoms with van der Waals surface area (Å²) >= 11 is 12.0. The summed E-state index contributed by atoms with van der Waals surface area (Å²) in [6, 6.07) is 30.1. The van der Waals surface area contributed by atoms with Gasteiger partial charge in [0.2, 0.25) is 0 Å². The van der Waals surface area contributed by atoms with Gasteiger partial charge in [0.1, 0.15) is 11.4 Å². The molecule has 8 heteroatoms. The van der Waals surface area contributed by atoms with Crippen LogP contribution >= 0.6 is 23.8 Å². The summed E-state index contributed by atoms with van der Waals surface area (Å²) in [4.78, 5) is 30.5. The van der Waals surface area contributed by atoms with E-state index in [0.717, 1.165) is 10.9 Å². The zero-order chi connectivity index (χ0) is 27.8. The van der Waals surface area contributed by atoms with Gasteiger partial charge in [-0.1, -0.05) is 72.3 Å². The van der Waals surface area contributed by atoms with E-state index in [1.807, 2.05) is 41.0 Å². The Bertz CT molecular complexity index is 1730. The molecule has 196 valence electrons. The van der Waals surface area contributed by atoms with Crippen LogP contribution in [0.2, 0.25) is 5.02 Å². The van der Waals surface area contributed by atoms with Crippen LogP contribution in [0.25, 0.3) is 17.0 Å². The van der Waals surface area contributed by atoms with E-state index in [9.17, 15) is 14.0 Å². The van der Waals surface area contributed by atoms with E-state index < -0.39 is 17.6 Å². The number of nitrogens with zero attached hydrogens (tertiary/aromatic N) is 3. The number of anilines is 2. The molecule has 1 fully saturated rings. The summed E-state index contributed by atoms with van der Waals surface area (Å²) < 4.78 is 16.5. The van der Waals surface area contributed by atoms with Gasteiger partial charge in [0.25, 0.3) is 11.8 Å². The van der Waals surface area contributed by atoms with Crippen LogP contribution in [0, 0.1) is 5.82 Å². The molecular weight excluding hydrogens is 545 g/mol. The van der Waals surface area contributed by atoms with E-state index in [0.29, 0.717) is 27.5 Å². The molecule has 0 N–H and O–H groups in total. The third-order valence-corrected chi connectivity index (χ3v) is 7.51. The van der Waals surface area contributed by atoms with Crippen molar-refractivity contribution in [1.29, 1.82) is 0 Å². The van der Waals surface area contributed by atoms with Crippen LogP contribution < -0.4 is 9.80 Å². The van der Waals surface area contributed by atoms with Gasteiger partial charge in [-0.2, -0.15) is 0 Å². The summed E-state index contributed by atoms with van der Waals surface area (Å²) in [5, 5.41) is 1.19. The third kappa shape index (κ3) is 4.49. The van der Waals surface area contributed by atoms with E-state index in [2.05, 4.69) is 0 Å². The quantitative estimate of drug-likeness (QED) is 0.128. The number of rotatable bonds is 5. The number of para-hydroxylation sites is 3. The van der Waals surface area contributed by atoms with Crippen molar-refractivity contribution >= 4 is 69.1 Å². The predicted molar refractivity (Wildman–Crippen MR) is 161 cm³/mol. The monoisotopic (exact) mass is 565 g/mol. The van der Waals surface area contributed by atoms with E-state index in [-0.39, 0.29) is 17.2 Å². The van der Waals surface area contributed by atoms with Crippen LogP contribution in [-0.4, -0.2) is 21.5 Å². The molecule has 0 unspecified atom stereocenters. The fourth-order valence-electron chi connectivity index (χ4n) is 4.87. The Kier molecular flexibility index (Phi) is 6.76. The van der Waals surface area contributed by atoms with Gasteiger partial charge < -0.3 is 4.57 Å². The third-order valence-electron chi connectivity index (χ3n) is 6.79. The molecule has 1 aliphatic heterocycles. The maximum absolute atomic E-state index is 14.6. The van der Waals surface area contributed by atoms with Gasteiger partial charge in [-0.3, -0.25) is 19.4 Å². The largest absolute Gasteiger partial charge is 0.342 e. The second kappa shape index (κ2) is 10.5. The van der Waals surface area contributed by atoms with Crippen LogP contribution in [0.4, 0.5) is 15.8 Å². The average Bonchev–Trinajstić information content (AvgIpc) is 3.31. The average molecular weight is 566 g/mol. The van der Waals surface area contributed by atoms with Gasteiger partial charge in [0, 0.05) is 33.2 Å². The van der Waals surface area contributed by atoms with Crippen molar-refractivity contribution in [3.8, 4) is 0 Å². The summed E-state index contributed by atoms with van der Waals surface area (Å²) in [5.74, 6) is -1.46. The van der Waals surface area contributed by atoms with E-state index in [1.165, 1.54) is 15.9 Å². The maximum atomic E-state index is 14.6. The second-order valence-electron chi connectivity index (χ2n) is 9.22. The second-order valence-corrected chi connectivity index (χ2v) is 9.99. The maximum Gasteiger partial charge on any atom is 0.270 e. The molecule has 0 bridgehead atoms. The van der Waals surface area contributed by atoms with E-state index in [1.54, 1.807) is 72.9 Å². The first kappa shape index (κ1) is 25.7. The van der Waals surface area contributed by atoms with Gasteiger partial charge >= 0.3 is 0 Å². The lowest BCUT2D eigenvalue weighted by molar-refractivity contribution is -0.120. The Hall–Kier alpha value is -4.59. The van der Waals surface area contributed by atoms with Crippen molar-refractivity contribution in [2.24, 2.45) is 0 Å². The molecule has 2 amide bonds. The highest BCUT2D eigenvalue weighted by atomic mass is 35.5. The molecule has 40 heavy (non-hydrogen) atoms. The summed E-state index contributed by atoms with van der Waals surface area (Å²) in [6.07, 6.45) is 3.38. The Morgan fingerprint density at radius 2 is 1.32 bits per heavy atom. The molecule has 0 saturated carbocycles. The topological polar surface area (TPSA) is 45.6 Å². The zero-order valence-corrected chi connectivity index (χ0v) is 22.6. The van der Waals surface area contributed by atoms with Crippen molar-refractivity contribution < 1.29 is 14.0 Å². The van der Waals surface area contributed by atoms with Crippen molar-refractivity contribution in [2.75, 3.05) is 9.80 Å². The molecule has 1 aliphatic rings. The van der Waals surface area contributed by atoms with Gasteiger partial charge in [0.15, 0.2) is 5.11 Å². The van der Waals surface area contributed by atoms with Crippen LogP contribution in [0.3, 0.4) is 0 Å². The number of aromatic nitrogens is 1. The first-order valence-corrected chi connectivity index (χ1v) is 13.3. The minimum atomic E-state index is -0.526. The summed E-state index contributed by atoms with van der Waals surface area (Å²) in [5.41, 5.74) is 2.84. The number of carbonyl (C=O) groups is 2. The molecule has 0 aliphatic carbocycles. The van der Waals surface area contributed by atoms with Crippen LogP contribution in [0.5, 0.6) is 0 Å². The van der Waals surface area contributed by atoms with Crippen LogP contribution in [0.15, 0.2) is 115 Å². The molecular formula is C32H21ClFN3O2S. The number of carbonyl (C=O) groups excluding carboxylic acids is 2. The fraction of sp³-hybridized carbons (Fsp3) is 0.0312. The summed E-state index contributed by atoms with van der Waals surface area (Å²) in [7, 11) is 0. The highest BCUT2D eigenvalue weighted by Gasteiger charge is 2.41. The van der Waals surface area contributed by atoms with E-state index >= 15 is 0 Å². The van der Waals surface area contributed by atoms with Crippen molar-refractivity contribution in [3.63, 3.8) is 0 Å². The van der Waals surface area contributed by atoms with Crippen LogP contribution in [-0.2, 0) is 16.1 Å². The number of hydrogen-bond acceptors (Lipinski definition) is 3. The zero-order valence-electron chi connectivity index (χ0n) is 21.0. The molecule has 0 spiro atoms. The number of thiocarbonyl (C=S) groups is 1. The highest BCUT2D eigenvalue weighted by molar-refractivity contribution is 7.81. The van der Waals surface area contributed by atoms with E-state index in [4.69, 9.17) is 23.8 Å². The van der Waals surface area contributed by atoms with Crippen molar-refractivity contribution in [3.05, 3.63) is 137 Å². The van der Waals surface area contributed by atoms with Gasteiger partial charge in [0.05, 0.1) is 17.9 Å². The number of hydrogen-bond donors (Lipinski definition) is 0. The smallest absolute Gasteiger partial charge is 0.270 e. The molecule has 0 radical (unpaired) electrons. The molecule has 6 rings (SSSR count).